The Balaban J connectivity index is 1.66. The standard InChI is InChI=1S/C18H23N3O/c1-20-17(22)16-3-2-8-18(16)9-10-21(13-18)12-15-6-4-14(11-19)5-7-15/h4-7,16H,2-3,8-10,12-13H2,1H3,(H,20,22)/t16-,18-/m0/s1. The third-order valence-corrected chi connectivity index (χ3v) is 5.42. The van der Waals surface area contributed by atoms with E-state index in [0.29, 0.717) is 5.56 Å². The van der Waals surface area contributed by atoms with Crippen LogP contribution in [0.2, 0.25) is 0 Å². The molecule has 22 heavy (non-hydrogen) atoms. The van der Waals surface area contributed by atoms with Crippen molar-refractivity contribution in [2.75, 3.05) is 20.1 Å². The zero-order chi connectivity index (χ0) is 15.6. The lowest BCUT2D eigenvalue weighted by molar-refractivity contribution is -0.127. The number of nitriles is 1. The Morgan fingerprint density at radius 1 is 1.41 bits per heavy atom. The minimum atomic E-state index is 0.184. The highest BCUT2D eigenvalue weighted by Crippen LogP contribution is 2.50. The van der Waals surface area contributed by atoms with E-state index in [1.807, 2.05) is 24.3 Å². The molecule has 4 heteroatoms. The largest absolute Gasteiger partial charge is 0.359 e. The van der Waals surface area contributed by atoms with Gasteiger partial charge in [0.05, 0.1) is 11.6 Å². The molecule has 1 spiro atoms. The molecule has 1 saturated carbocycles. The molecule has 0 bridgehead atoms. The Bertz CT molecular complexity index is 589. The molecule has 2 aliphatic rings. The molecule has 1 heterocycles. The van der Waals surface area contributed by atoms with Crippen molar-refractivity contribution in [2.45, 2.75) is 32.2 Å². The number of benzene rings is 1. The number of hydrogen-bond acceptors (Lipinski definition) is 3. The Morgan fingerprint density at radius 3 is 2.86 bits per heavy atom. The molecule has 1 N–H and O–H groups in total. The zero-order valence-corrected chi connectivity index (χ0v) is 13.1. The van der Waals surface area contributed by atoms with Gasteiger partial charge in [-0.05, 0) is 48.9 Å². The zero-order valence-electron chi connectivity index (χ0n) is 13.1. The molecule has 1 aromatic rings. The summed E-state index contributed by atoms with van der Waals surface area (Å²) in [5.41, 5.74) is 2.13. The van der Waals surface area contributed by atoms with Gasteiger partial charge in [-0.15, -0.1) is 0 Å². The summed E-state index contributed by atoms with van der Waals surface area (Å²) in [6.07, 6.45) is 4.50. The third kappa shape index (κ3) is 2.74. The van der Waals surface area contributed by atoms with Crippen molar-refractivity contribution >= 4 is 5.91 Å². The van der Waals surface area contributed by atoms with Gasteiger partial charge in [-0.3, -0.25) is 9.69 Å². The predicted octanol–water partition coefficient (Wildman–Crippen LogP) is 2.30. The summed E-state index contributed by atoms with van der Waals surface area (Å²) in [6, 6.07) is 9.98. The van der Waals surface area contributed by atoms with E-state index in [2.05, 4.69) is 16.3 Å². The SMILES string of the molecule is CNC(=O)[C@@H]1CCC[C@@]12CCN(Cc1ccc(C#N)cc1)C2. The summed E-state index contributed by atoms with van der Waals surface area (Å²) in [6.45, 7) is 2.99. The van der Waals surface area contributed by atoms with Crippen LogP contribution in [0.3, 0.4) is 0 Å². The molecule has 3 rings (SSSR count). The fourth-order valence-electron chi connectivity index (χ4n) is 4.27. The Labute approximate surface area is 132 Å². The first kappa shape index (κ1) is 15.1. The molecule has 2 fully saturated rings. The molecular weight excluding hydrogens is 274 g/mol. The molecule has 2 atom stereocenters. The van der Waals surface area contributed by atoms with Crippen LogP contribution in [-0.2, 0) is 11.3 Å². The van der Waals surface area contributed by atoms with Crippen molar-refractivity contribution < 1.29 is 4.79 Å². The van der Waals surface area contributed by atoms with Gasteiger partial charge < -0.3 is 5.32 Å². The fraction of sp³-hybridized carbons (Fsp3) is 0.556. The average molecular weight is 297 g/mol. The Hall–Kier alpha value is -1.86. The number of hydrogen-bond donors (Lipinski definition) is 1. The van der Waals surface area contributed by atoms with Crippen LogP contribution in [0.15, 0.2) is 24.3 Å². The van der Waals surface area contributed by atoms with Crippen molar-refractivity contribution in [3.8, 4) is 6.07 Å². The molecule has 1 aliphatic carbocycles. The fourth-order valence-corrected chi connectivity index (χ4v) is 4.27. The van der Waals surface area contributed by atoms with E-state index >= 15 is 0 Å². The van der Waals surface area contributed by atoms with Gasteiger partial charge in [-0.25, -0.2) is 0 Å². The monoisotopic (exact) mass is 297 g/mol. The molecule has 0 unspecified atom stereocenters. The summed E-state index contributed by atoms with van der Waals surface area (Å²) >= 11 is 0. The van der Waals surface area contributed by atoms with E-state index in [0.717, 1.165) is 32.5 Å². The molecular formula is C18H23N3O. The Kier molecular flexibility index (Phi) is 4.17. The maximum absolute atomic E-state index is 12.2. The van der Waals surface area contributed by atoms with E-state index in [4.69, 9.17) is 5.26 Å². The molecule has 0 radical (unpaired) electrons. The van der Waals surface area contributed by atoms with Crippen molar-refractivity contribution in [1.82, 2.24) is 10.2 Å². The molecule has 1 saturated heterocycles. The lowest BCUT2D eigenvalue weighted by Gasteiger charge is -2.30. The number of nitrogens with zero attached hydrogens (tertiary/aromatic N) is 2. The number of amides is 1. The maximum Gasteiger partial charge on any atom is 0.223 e. The number of rotatable bonds is 3. The van der Waals surface area contributed by atoms with E-state index in [-0.39, 0.29) is 17.2 Å². The predicted molar refractivity (Wildman–Crippen MR) is 84.9 cm³/mol. The van der Waals surface area contributed by atoms with Crippen LogP contribution in [0.1, 0.15) is 36.8 Å². The first-order valence-electron chi connectivity index (χ1n) is 8.10. The maximum atomic E-state index is 12.2. The van der Waals surface area contributed by atoms with E-state index in [9.17, 15) is 4.79 Å². The summed E-state index contributed by atoms with van der Waals surface area (Å²) in [5, 5.41) is 11.7. The topological polar surface area (TPSA) is 56.1 Å². The van der Waals surface area contributed by atoms with Gasteiger partial charge in [0.1, 0.15) is 0 Å². The van der Waals surface area contributed by atoms with Gasteiger partial charge >= 0.3 is 0 Å². The number of likely N-dealkylation sites (tertiary alicyclic amines) is 1. The van der Waals surface area contributed by atoms with Crippen LogP contribution >= 0.6 is 0 Å². The van der Waals surface area contributed by atoms with Crippen LogP contribution in [0, 0.1) is 22.7 Å². The quantitative estimate of drug-likeness (QED) is 0.931. The molecule has 0 aromatic heterocycles. The highest BCUT2D eigenvalue weighted by molar-refractivity contribution is 5.79. The highest BCUT2D eigenvalue weighted by Gasteiger charge is 2.49. The summed E-state index contributed by atoms with van der Waals surface area (Å²) in [5.74, 6) is 0.404. The Morgan fingerprint density at radius 2 is 2.18 bits per heavy atom. The van der Waals surface area contributed by atoms with Gasteiger partial charge in [0.2, 0.25) is 5.91 Å². The van der Waals surface area contributed by atoms with Gasteiger partial charge in [0.15, 0.2) is 0 Å². The van der Waals surface area contributed by atoms with Gasteiger partial charge in [-0.1, -0.05) is 18.6 Å². The van der Waals surface area contributed by atoms with Crippen molar-refractivity contribution in [1.29, 1.82) is 5.26 Å². The number of nitrogens with one attached hydrogen (secondary N) is 1. The lowest BCUT2D eigenvalue weighted by Crippen LogP contribution is -2.39. The summed E-state index contributed by atoms with van der Waals surface area (Å²) < 4.78 is 0. The highest BCUT2D eigenvalue weighted by atomic mass is 16.1. The smallest absolute Gasteiger partial charge is 0.223 e. The van der Waals surface area contributed by atoms with Crippen molar-refractivity contribution in [2.24, 2.45) is 11.3 Å². The van der Waals surface area contributed by atoms with Gasteiger partial charge in [0, 0.05) is 26.1 Å². The lowest BCUT2D eigenvalue weighted by atomic mass is 9.76. The first-order valence-corrected chi connectivity index (χ1v) is 8.10. The second-order valence-electron chi connectivity index (χ2n) is 6.69. The van der Waals surface area contributed by atoms with E-state index in [1.54, 1.807) is 7.05 Å². The minimum absolute atomic E-state index is 0.184. The number of carbonyl (C=O) groups is 1. The molecule has 116 valence electrons. The second-order valence-corrected chi connectivity index (χ2v) is 6.69. The molecule has 1 amide bonds. The van der Waals surface area contributed by atoms with Gasteiger partial charge in [-0.2, -0.15) is 5.26 Å². The third-order valence-electron chi connectivity index (χ3n) is 5.42. The normalized spacial score (nSPS) is 27.9. The van der Waals surface area contributed by atoms with Crippen LogP contribution in [0.4, 0.5) is 0 Å². The van der Waals surface area contributed by atoms with Crippen LogP contribution in [-0.4, -0.2) is 30.9 Å². The molecule has 1 aromatic carbocycles. The average Bonchev–Trinajstić information content (AvgIpc) is 3.15. The molecule has 4 nitrogen and oxygen atoms in total. The number of carbonyl (C=O) groups excluding carboxylic acids is 1. The summed E-state index contributed by atoms with van der Waals surface area (Å²) in [7, 11) is 1.75. The van der Waals surface area contributed by atoms with E-state index < -0.39 is 0 Å². The summed E-state index contributed by atoms with van der Waals surface area (Å²) in [4.78, 5) is 14.6. The minimum Gasteiger partial charge on any atom is -0.359 e. The van der Waals surface area contributed by atoms with Gasteiger partial charge in [0.25, 0.3) is 0 Å². The molecule has 1 aliphatic heterocycles. The van der Waals surface area contributed by atoms with E-state index in [1.165, 1.54) is 18.4 Å². The second kappa shape index (κ2) is 6.10. The first-order chi connectivity index (χ1) is 10.7. The van der Waals surface area contributed by atoms with Crippen molar-refractivity contribution in [3.63, 3.8) is 0 Å². The van der Waals surface area contributed by atoms with Crippen LogP contribution in [0.5, 0.6) is 0 Å². The van der Waals surface area contributed by atoms with Crippen LogP contribution < -0.4 is 5.32 Å². The van der Waals surface area contributed by atoms with Crippen molar-refractivity contribution in [3.05, 3.63) is 35.4 Å². The van der Waals surface area contributed by atoms with Crippen LogP contribution in [0.25, 0.3) is 0 Å².